The van der Waals surface area contributed by atoms with E-state index in [2.05, 4.69) is 5.10 Å². The number of fused-ring (bicyclic) bond motifs is 1. The Hall–Kier alpha value is -4.33. The molecule has 0 atom stereocenters. The van der Waals surface area contributed by atoms with Gasteiger partial charge in [-0.05, 0) is 48.5 Å². The van der Waals surface area contributed by atoms with Crippen molar-refractivity contribution in [1.82, 2.24) is 14.1 Å². The van der Waals surface area contributed by atoms with Gasteiger partial charge in [0.25, 0.3) is 5.91 Å². The number of aryl methyl sites for hydroxylation is 1. The van der Waals surface area contributed by atoms with Crippen LogP contribution in [-0.2, 0) is 36.6 Å². The van der Waals surface area contributed by atoms with Gasteiger partial charge in [0.1, 0.15) is 5.82 Å². The summed E-state index contributed by atoms with van der Waals surface area (Å²) in [7, 11) is -2.04. The number of carbonyl (C=O) groups excluding carboxylic acids is 1. The number of halogens is 1. The molecule has 0 spiro atoms. The van der Waals surface area contributed by atoms with Crippen molar-refractivity contribution in [2.24, 2.45) is 7.05 Å². The number of benzene rings is 3. The lowest BCUT2D eigenvalue weighted by molar-refractivity contribution is 0.0980. The highest BCUT2D eigenvalue weighted by Gasteiger charge is 2.33. The van der Waals surface area contributed by atoms with E-state index >= 15 is 0 Å². The van der Waals surface area contributed by atoms with Crippen LogP contribution in [-0.4, -0.2) is 35.0 Å². The Labute approximate surface area is 220 Å². The van der Waals surface area contributed by atoms with Crippen LogP contribution in [0, 0.1) is 17.1 Å². The summed E-state index contributed by atoms with van der Waals surface area (Å²) >= 11 is 0. The molecule has 8 nitrogen and oxygen atoms in total. The minimum atomic E-state index is -3.83. The SMILES string of the molecule is Cn1nc(CN(C(=O)c2ccccc2F)c2ccccc2)c2c1CCN(S(=O)(=O)c1ccc(C#N)cc1)C2. The number of carbonyl (C=O) groups is 1. The van der Waals surface area contributed by atoms with E-state index in [-0.39, 0.29) is 30.1 Å². The van der Waals surface area contributed by atoms with Crippen LogP contribution >= 0.6 is 0 Å². The highest BCUT2D eigenvalue weighted by Crippen LogP contribution is 2.29. The van der Waals surface area contributed by atoms with Crippen molar-refractivity contribution < 1.29 is 17.6 Å². The van der Waals surface area contributed by atoms with Crippen molar-refractivity contribution in [2.45, 2.75) is 24.4 Å². The second kappa shape index (κ2) is 10.2. The first kappa shape index (κ1) is 25.3. The van der Waals surface area contributed by atoms with E-state index in [1.807, 2.05) is 12.1 Å². The van der Waals surface area contributed by atoms with E-state index in [0.29, 0.717) is 23.4 Å². The van der Waals surface area contributed by atoms with Gasteiger partial charge in [0.05, 0.1) is 34.3 Å². The van der Waals surface area contributed by atoms with Crippen LogP contribution in [0.2, 0.25) is 0 Å². The molecule has 192 valence electrons. The third kappa shape index (κ3) is 4.69. The van der Waals surface area contributed by atoms with Gasteiger partial charge in [0.2, 0.25) is 10.0 Å². The number of nitriles is 1. The van der Waals surface area contributed by atoms with Crippen molar-refractivity contribution in [3.05, 3.63) is 113 Å². The van der Waals surface area contributed by atoms with Gasteiger partial charge in [-0.15, -0.1) is 0 Å². The van der Waals surface area contributed by atoms with Crippen molar-refractivity contribution in [1.29, 1.82) is 5.26 Å². The van der Waals surface area contributed by atoms with Crippen LogP contribution in [0.1, 0.15) is 32.9 Å². The summed E-state index contributed by atoms with van der Waals surface area (Å²) < 4.78 is 44.5. The standard InChI is InChI=1S/C28H24FN5O3S/c1-32-27-15-16-33(38(36,37)22-13-11-20(17-30)12-14-22)18-24(27)26(31-32)19-34(21-7-3-2-4-8-21)28(35)23-9-5-6-10-25(23)29/h2-14H,15-16,18-19H2,1H3. The quantitative estimate of drug-likeness (QED) is 0.376. The maximum absolute atomic E-state index is 14.6. The lowest BCUT2D eigenvalue weighted by atomic mass is 10.1. The van der Waals surface area contributed by atoms with E-state index in [4.69, 9.17) is 5.26 Å². The number of amides is 1. The number of para-hydroxylation sites is 1. The number of rotatable bonds is 6. The molecule has 0 aliphatic carbocycles. The fourth-order valence-electron chi connectivity index (χ4n) is 4.65. The molecule has 4 aromatic rings. The highest BCUT2D eigenvalue weighted by molar-refractivity contribution is 7.89. The Morgan fingerprint density at radius 3 is 2.42 bits per heavy atom. The fraction of sp³-hybridized carbons (Fsp3) is 0.179. The molecule has 5 rings (SSSR count). The fourth-order valence-corrected chi connectivity index (χ4v) is 6.05. The molecule has 1 aliphatic heterocycles. The van der Waals surface area contributed by atoms with Gasteiger partial charge >= 0.3 is 0 Å². The first-order chi connectivity index (χ1) is 18.3. The van der Waals surface area contributed by atoms with Crippen molar-refractivity contribution in [2.75, 3.05) is 11.4 Å². The smallest absolute Gasteiger partial charge is 0.261 e. The number of sulfonamides is 1. The third-order valence-electron chi connectivity index (χ3n) is 6.64. The normalized spacial score (nSPS) is 13.5. The van der Waals surface area contributed by atoms with Crippen LogP contribution in [0.3, 0.4) is 0 Å². The molecular formula is C28H24FN5O3S. The molecule has 0 fully saturated rings. The average molecular weight is 530 g/mol. The summed E-state index contributed by atoms with van der Waals surface area (Å²) in [6, 6.07) is 22.5. The Bertz CT molecular complexity index is 1640. The first-order valence-corrected chi connectivity index (χ1v) is 13.4. The molecule has 3 aromatic carbocycles. The monoisotopic (exact) mass is 529 g/mol. The summed E-state index contributed by atoms with van der Waals surface area (Å²) in [6.07, 6.45) is 0.445. The predicted octanol–water partition coefficient (Wildman–Crippen LogP) is 4.02. The van der Waals surface area contributed by atoms with E-state index in [1.54, 1.807) is 42.1 Å². The molecule has 10 heteroatoms. The molecule has 38 heavy (non-hydrogen) atoms. The second-order valence-corrected chi connectivity index (χ2v) is 10.9. The summed E-state index contributed by atoms with van der Waals surface area (Å²) in [4.78, 5) is 15.1. The summed E-state index contributed by atoms with van der Waals surface area (Å²) in [5.74, 6) is -1.15. The van der Waals surface area contributed by atoms with Crippen LogP contribution in [0.4, 0.5) is 10.1 Å². The highest BCUT2D eigenvalue weighted by atomic mass is 32.2. The Morgan fingerprint density at radius 1 is 1.05 bits per heavy atom. The maximum atomic E-state index is 14.6. The summed E-state index contributed by atoms with van der Waals surface area (Å²) in [5.41, 5.74) is 3.02. The summed E-state index contributed by atoms with van der Waals surface area (Å²) in [6.45, 7) is 0.382. The Morgan fingerprint density at radius 2 is 1.74 bits per heavy atom. The number of hydrogen-bond acceptors (Lipinski definition) is 5. The number of nitrogens with zero attached hydrogens (tertiary/aromatic N) is 5. The zero-order chi connectivity index (χ0) is 26.9. The van der Waals surface area contributed by atoms with Crippen LogP contribution in [0.5, 0.6) is 0 Å². The van der Waals surface area contributed by atoms with E-state index < -0.39 is 21.7 Å². The lowest BCUT2D eigenvalue weighted by Crippen LogP contribution is -2.37. The topological polar surface area (TPSA) is 99.3 Å². The van der Waals surface area contributed by atoms with Crippen LogP contribution < -0.4 is 4.90 Å². The average Bonchev–Trinajstić information content (AvgIpc) is 3.26. The van der Waals surface area contributed by atoms with Gasteiger partial charge in [-0.25, -0.2) is 12.8 Å². The maximum Gasteiger partial charge on any atom is 0.261 e. The molecule has 1 amide bonds. The van der Waals surface area contributed by atoms with E-state index in [9.17, 15) is 17.6 Å². The van der Waals surface area contributed by atoms with Gasteiger partial charge in [-0.2, -0.15) is 14.7 Å². The molecule has 0 radical (unpaired) electrons. The second-order valence-electron chi connectivity index (χ2n) is 8.93. The van der Waals surface area contributed by atoms with Crippen molar-refractivity contribution in [3.8, 4) is 6.07 Å². The minimum Gasteiger partial charge on any atom is -0.302 e. The van der Waals surface area contributed by atoms with Gasteiger partial charge in [-0.3, -0.25) is 9.48 Å². The van der Waals surface area contributed by atoms with Gasteiger partial charge in [0.15, 0.2) is 0 Å². The summed E-state index contributed by atoms with van der Waals surface area (Å²) in [5, 5.41) is 13.7. The Kier molecular flexibility index (Phi) is 6.80. The zero-order valence-electron chi connectivity index (χ0n) is 20.6. The third-order valence-corrected chi connectivity index (χ3v) is 8.50. The number of hydrogen-bond donors (Lipinski definition) is 0. The predicted molar refractivity (Wildman–Crippen MR) is 139 cm³/mol. The van der Waals surface area contributed by atoms with E-state index in [1.165, 1.54) is 51.7 Å². The van der Waals surface area contributed by atoms with Crippen molar-refractivity contribution >= 4 is 21.6 Å². The Balaban J connectivity index is 1.49. The first-order valence-electron chi connectivity index (χ1n) is 11.9. The zero-order valence-corrected chi connectivity index (χ0v) is 21.4. The molecule has 0 saturated heterocycles. The van der Waals surface area contributed by atoms with Gasteiger partial charge in [-0.1, -0.05) is 30.3 Å². The molecule has 0 saturated carbocycles. The lowest BCUT2D eigenvalue weighted by Gasteiger charge is -2.28. The number of anilines is 1. The molecule has 0 N–H and O–H groups in total. The van der Waals surface area contributed by atoms with Crippen LogP contribution in [0.15, 0.2) is 83.8 Å². The molecule has 0 bridgehead atoms. The van der Waals surface area contributed by atoms with Crippen LogP contribution in [0.25, 0.3) is 0 Å². The van der Waals surface area contributed by atoms with Crippen molar-refractivity contribution in [3.63, 3.8) is 0 Å². The number of aromatic nitrogens is 2. The van der Waals surface area contributed by atoms with Gasteiger partial charge in [0, 0.05) is 43.5 Å². The molecule has 1 aliphatic rings. The van der Waals surface area contributed by atoms with Gasteiger partial charge < -0.3 is 4.90 Å². The molecular weight excluding hydrogens is 505 g/mol. The molecule has 1 aromatic heterocycles. The largest absolute Gasteiger partial charge is 0.302 e. The molecule has 0 unspecified atom stereocenters. The van der Waals surface area contributed by atoms with E-state index in [0.717, 1.165) is 11.3 Å². The molecule has 2 heterocycles. The minimum absolute atomic E-state index is 0.0328.